The van der Waals surface area contributed by atoms with Crippen LogP contribution in [0.4, 0.5) is 0 Å². The molecular weight excluding hydrogens is 124 g/mol. The van der Waals surface area contributed by atoms with Crippen molar-refractivity contribution in [1.82, 2.24) is 4.57 Å². The van der Waals surface area contributed by atoms with Gasteiger partial charge in [-0.3, -0.25) is 0 Å². The van der Waals surface area contributed by atoms with Crippen LogP contribution >= 0.6 is 0 Å². The lowest BCUT2D eigenvalue weighted by atomic mass is 10.3. The molecule has 0 aromatic carbocycles. The molecule has 0 atom stereocenters. The molecule has 0 N–H and O–H groups in total. The largest absolute Gasteiger partial charge is 0.351 e. The normalized spacial score (nSPS) is 9.40. The van der Waals surface area contributed by atoms with E-state index in [1.165, 1.54) is 0 Å². The van der Waals surface area contributed by atoms with E-state index < -0.39 is 0 Å². The standard InChI is InChI=1S/C8H10N2/c1-6-4-8(5-9)7(2)10(6)3/h4H,1-3H3. The Morgan fingerprint density at radius 1 is 1.50 bits per heavy atom. The number of nitrogens with zero attached hydrogens (tertiary/aromatic N) is 2. The third kappa shape index (κ3) is 0.801. The minimum absolute atomic E-state index is 0.778. The van der Waals surface area contributed by atoms with Crippen LogP contribution < -0.4 is 0 Å². The SMILES string of the molecule is Cc1cc(C#N)c(C)n1C. The van der Waals surface area contributed by atoms with E-state index in [2.05, 4.69) is 6.07 Å². The van der Waals surface area contributed by atoms with Crippen molar-refractivity contribution >= 4 is 0 Å². The van der Waals surface area contributed by atoms with Crippen LogP contribution in [0, 0.1) is 25.2 Å². The van der Waals surface area contributed by atoms with Crippen LogP contribution in [0.3, 0.4) is 0 Å². The molecule has 52 valence electrons. The topological polar surface area (TPSA) is 28.7 Å². The van der Waals surface area contributed by atoms with Gasteiger partial charge < -0.3 is 4.57 Å². The van der Waals surface area contributed by atoms with E-state index in [0.717, 1.165) is 17.0 Å². The molecule has 0 fully saturated rings. The summed E-state index contributed by atoms with van der Waals surface area (Å²) in [6, 6.07) is 4.03. The molecule has 0 spiro atoms. The highest BCUT2D eigenvalue weighted by atomic mass is 14.9. The van der Waals surface area contributed by atoms with Crippen molar-refractivity contribution in [1.29, 1.82) is 5.26 Å². The van der Waals surface area contributed by atoms with Crippen LogP contribution in [0.2, 0.25) is 0 Å². The van der Waals surface area contributed by atoms with Gasteiger partial charge >= 0.3 is 0 Å². The first-order chi connectivity index (χ1) is 4.66. The van der Waals surface area contributed by atoms with E-state index in [1.54, 1.807) is 0 Å². The average Bonchev–Trinajstić information content (AvgIpc) is 2.17. The summed E-state index contributed by atoms with van der Waals surface area (Å²) < 4.78 is 2.01. The highest BCUT2D eigenvalue weighted by Crippen LogP contribution is 2.10. The number of hydrogen-bond donors (Lipinski definition) is 0. The number of aromatic nitrogens is 1. The van der Waals surface area contributed by atoms with Gasteiger partial charge in [-0.2, -0.15) is 5.26 Å². The number of hydrogen-bond acceptors (Lipinski definition) is 1. The van der Waals surface area contributed by atoms with Crippen molar-refractivity contribution in [2.24, 2.45) is 7.05 Å². The summed E-state index contributed by atoms with van der Waals surface area (Å²) in [5.74, 6) is 0. The number of aryl methyl sites for hydroxylation is 1. The summed E-state index contributed by atoms with van der Waals surface area (Å²) in [7, 11) is 1.96. The maximum absolute atomic E-state index is 8.59. The summed E-state index contributed by atoms with van der Waals surface area (Å²) in [6.45, 7) is 3.94. The minimum atomic E-state index is 0.778. The fourth-order valence-electron chi connectivity index (χ4n) is 0.969. The lowest BCUT2D eigenvalue weighted by Crippen LogP contribution is -1.92. The second-order valence-electron chi connectivity index (χ2n) is 2.46. The molecular formula is C8H10N2. The predicted molar refractivity (Wildman–Crippen MR) is 39.6 cm³/mol. The molecule has 0 aliphatic carbocycles. The van der Waals surface area contributed by atoms with E-state index >= 15 is 0 Å². The Morgan fingerprint density at radius 3 is 2.30 bits per heavy atom. The highest BCUT2D eigenvalue weighted by molar-refractivity contribution is 5.36. The van der Waals surface area contributed by atoms with Crippen LogP contribution in [0.1, 0.15) is 17.0 Å². The molecule has 0 radical (unpaired) electrons. The van der Waals surface area contributed by atoms with Crippen LogP contribution in [-0.4, -0.2) is 4.57 Å². The predicted octanol–water partition coefficient (Wildman–Crippen LogP) is 1.51. The lowest BCUT2D eigenvalue weighted by Gasteiger charge is -1.96. The van der Waals surface area contributed by atoms with Crippen LogP contribution in [0.15, 0.2) is 6.07 Å². The Labute approximate surface area is 60.7 Å². The van der Waals surface area contributed by atoms with Gasteiger partial charge in [-0.15, -0.1) is 0 Å². The second kappa shape index (κ2) is 2.18. The minimum Gasteiger partial charge on any atom is -0.351 e. The maximum Gasteiger partial charge on any atom is 0.101 e. The molecule has 0 saturated heterocycles. The van der Waals surface area contributed by atoms with Crippen LogP contribution in [-0.2, 0) is 7.05 Å². The zero-order chi connectivity index (χ0) is 7.72. The van der Waals surface area contributed by atoms with Crippen molar-refractivity contribution in [2.45, 2.75) is 13.8 Å². The fraction of sp³-hybridized carbons (Fsp3) is 0.375. The van der Waals surface area contributed by atoms with Gasteiger partial charge in [0.25, 0.3) is 0 Å². The first kappa shape index (κ1) is 6.88. The Balaban J connectivity index is 3.34. The summed E-state index contributed by atoms with van der Waals surface area (Å²) in [6.07, 6.45) is 0. The Kier molecular flexibility index (Phi) is 1.50. The molecule has 1 aromatic rings. The monoisotopic (exact) mass is 134 g/mol. The van der Waals surface area contributed by atoms with Crippen molar-refractivity contribution in [2.75, 3.05) is 0 Å². The van der Waals surface area contributed by atoms with Gasteiger partial charge in [-0.1, -0.05) is 0 Å². The van der Waals surface area contributed by atoms with E-state index in [9.17, 15) is 0 Å². The van der Waals surface area contributed by atoms with Gasteiger partial charge in [0, 0.05) is 18.4 Å². The molecule has 0 aliphatic rings. The van der Waals surface area contributed by atoms with Gasteiger partial charge in [0.15, 0.2) is 0 Å². The van der Waals surface area contributed by atoms with Crippen molar-refractivity contribution in [3.8, 4) is 6.07 Å². The number of rotatable bonds is 0. The first-order valence-corrected chi connectivity index (χ1v) is 3.20. The maximum atomic E-state index is 8.59. The number of nitriles is 1. The lowest BCUT2D eigenvalue weighted by molar-refractivity contribution is 0.843. The zero-order valence-corrected chi connectivity index (χ0v) is 6.47. The van der Waals surface area contributed by atoms with Crippen molar-refractivity contribution in [3.05, 3.63) is 23.0 Å². The summed E-state index contributed by atoms with van der Waals surface area (Å²) in [4.78, 5) is 0. The third-order valence-electron chi connectivity index (χ3n) is 1.90. The van der Waals surface area contributed by atoms with E-state index in [-0.39, 0.29) is 0 Å². The molecule has 2 nitrogen and oxygen atoms in total. The second-order valence-corrected chi connectivity index (χ2v) is 2.46. The molecule has 0 unspecified atom stereocenters. The fourth-order valence-corrected chi connectivity index (χ4v) is 0.969. The Morgan fingerprint density at radius 2 is 2.10 bits per heavy atom. The molecule has 10 heavy (non-hydrogen) atoms. The smallest absolute Gasteiger partial charge is 0.101 e. The Bertz CT molecular complexity index is 289. The molecule has 1 rings (SSSR count). The van der Waals surface area contributed by atoms with Gasteiger partial charge in [-0.25, -0.2) is 0 Å². The average molecular weight is 134 g/mol. The molecule has 0 saturated carbocycles. The quantitative estimate of drug-likeness (QED) is 0.528. The van der Waals surface area contributed by atoms with Gasteiger partial charge in [-0.05, 0) is 19.9 Å². The Hall–Kier alpha value is -1.23. The van der Waals surface area contributed by atoms with Gasteiger partial charge in [0.1, 0.15) is 6.07 Å². The molecule has 0 amide bonds. The molecule has 1 aromatic heterocycles. The summed E-state index contributed by atoms with van der Waals surface area (Å²) in [5.41, 5.74) is 2.95. The first-order valence-electron chi connectivity index (χ1n) is 3.20. The van der Waals surface area contributed by atoms with Crippen LogP contribution in [0.5, 0.6) is 0 Å². The zero-order valence-electron chi connectivity index (χ0n) is 6.47. The van der Waals surface area contributed by atoms with Crippen molar-refractivity contribution < 1.29 is 0 Å². The van der Waals surface area contributed by atoms with Gasteiger partial charge in [0.2, 0.25) is 0 Å². The summed E-state index contributed by atoms with van der Waals surface area (Å²) >= 11 is 0. The van der Waals surface area contributed by atoms with E-state index in [0.29, 0.717) is 0 Å². The summed E-state index contributed by atoms with van der Waals surface area (Å²) in [5, 5.41) is 8.59. The van der Waals surface area contributed by atoms with E-state index in [4.69, 9.17) is 5.26 Å². The van der Waals surface area contributed by atoms with Crippen LogP contribution in [0.25, 0.3) is 0 Å². The highest BCUT2D eigenvalue weighted by Gasteiger charge is 2.02. The molecule has 2 heteroatoms. The molecule has 1 heterocycles. The van der Waals surface area contributed by atoms with E-state index in [1.807, 2.05) is 31.5 Å². The third-order valence-corrected chi connectivity index (χ3v) is 1.90. The van der Waals surface area contributed by atoms with Gasteiger partial charge in [0.05, 0.1) is 5.56 Å². The van der Waals surface area contributed by atoms with Crippen molar-refractivity contribution in [3.63, 3.8) is 0 Å². The molecule has 0 bridgehead atoms. The molecule has 0 aliphatic heterocycles.